The topological polar surface area (TPSA) is 58.4 Å². The minimum Gasteiger partial charge on any atom is -0.351 e. The Hall–Kier alpha value is -1.36. The molecule has 0 bridgehead atoms. The monoisotopic (exact) mass is 251 g/mol. The fourth-order valence-corrected chi connectivity index (χ4v) is 2.31. The van der Waals surface area contributed by atoms with Gasteiger partial charge in [0, 0.05) is 38.2 Å². The lowest BCUT2D eigenvalue weighted by Gasteiger charge is -2.26. The van der Waals surface area contributed by atoms with Crippen molar-refractivity contribution in [3.8, 4) is 0 Å². The molecule has 0 radical (unpaired) electrons. The third-order valence-electron chi connectivity index (χ3n) is 3.55. The van der Waals surface area contributed by atoms with Gasteiger partial charge >= 0.3 is 0 Å². The average molecular weight is 251 g/mol. The first-order valence-corrected chi connectivity index (χ1v) is 6.72. The van der Waals surface area contributed by atoms with Crippen LogP contribution in [0.4, 0.5) is 0 Å². The lowest BCUT2D eigenvalue weighted by atomic mass is 9.99. The van der Waals surface area contributed by atoms with Gasteiger partial charge in [-0.15, -0.1) is 0 Å². The summed E-state index contributed by atoms with van der Waals surface area (Å²) >= 11 is 0. The van der Waals surface area contributed by atoms with Gasteiger partial charge in [-0.05, 0) is 12.8 Å². The molecule has 0 unspecified atom stereocenters. The summed E-state index contributed by atoms with van der Waals surface area (Å²) in [5.74, 6) is 0.721. The number of aromatic nitrogens is 1. The number of hydrogen-bond acceptors (Lipinski definition) is 4. The van der Waals surface area contributed by atoms with E-state index in [4.69, 9.17) is 4.52 Å². The minimum atomic E-state index is -0.0405. The number of carbonyl (C=O) groups excluding carboxylic acids is 1. The smallest absolute Gasteiger partial charge is 0.292 e. The van der Waals surface area contributed by atoms with Crippen molar-refractivity contribution >= 4 is 5.91 Å². The Bertz CT molecular complexity index is 393. The standard InChI is InChI=1S/C13H21N3O2/c1-3-10(4-2)11-9-12(18-15-11)13(17)16-7-5-14-6-8-16/h9-10,14H,3-8H2,1-2H3. The van der Waals surface area contributed by atoms with E-state index in [1.807, 2.05) is 11.0 Å². The van der Waals surface area contributed by atoms with Gasteiger partial charge in [0.2, 0.25) is 5.76 Å². The Balaban J connectivity index is 2.06. The van der Waals surface area contributed by atoms with Gasteiger partial charge in [0.15, 0.2) is 0 Å². The number of piperazine rings is 1. The zero-order valence-electron chi connectivity index (χ0n) is 11.1. The van der Waals surface area contributed by atoms with Gasteiger partial charge in [0.1, 0.15) is 0 Å². The first kappa shape index (κ1) is 13.1. The van der Waals surface area contributed by atoms with Crippen LogP contribution in [-0.2, 0) is 0 Å². The van der Waals surface area contributed by atoms with Crippen molar-refractivity contribution in [1.82, 2.24) is 15.4 Å². The van der Waals surface area contributed by atoms with E-state index >= 15 is 0 Å². The second-order valence-electron chi connectivity index (χ2n) is 4.67. The van der Waals surface area contributed by atoms with Crippen molar-refractivity contribution < 1.29 is 9.32 Å². The summed E-state index contributed by atoms with van der Waals surface area (Å²) in [5.41, 5.74) is 0.901. The van der Waals surface area contributed by atoms with Gasteiger partial charge in [-0.3, -0.25) is 4.79 Å². The quantitative estimate of drug-likeness (QED) is 0.883. The number of nitrogens with one attached hydrogen (secondary N) is 1. The molecule has 100 valence electrons. The van der Waals surface area contributed by atoms with Crippen LogP contribution in [0.15, 0.2) is 10.6 Å². The van der Waals surface area contributed by atoms with Crippen LogP contribution in [0.2, 0.25) is 0 Å². The van der Waals surface area contributed by atoms with Gasteiger partial charge in [-0.2, -0.15) is 0 Å². The highest BCUT2D eigenvalue weighted by Gasteiger charge is 2.23. The second-order valence-corrected chi connectivity index (χ2v) is 4.67. The van der Waals surface area contributed by atoms with Gasteiger partial charge in [-0.1, -0.05) is 19.0 Å². The average Bonchev–Trinajstić information content (AvgIpc) is 2.90. The first-order chi connectivity index (χ1) is 8.76. The van der Waals surface area contributed by atoms with E-state index in [-0.39, 0.29) is 5.91 Å². The van der Waals surface area contributed by atoms with E-state index in [2.05, 4.69) is 24.3 Å². The molecule has 0 saturated carbocycles. The fourth-order valence-electron chi connectivity index (χ4n) is 2.31. The second kappa shape index (κ2) is 6.00. The van der Waals surface area contributed by atoms with Crippen molar-refractivity contribution in [3.63, 3.8) is 0 Å². The molecule has 1 saturated heterocycles. The van der Waals surface area contributed by atoms with Crippen LogP contribution in [0.25, 0.3) is 0 Å². The van der Waals surface area contributed by atoms with Crippen molar-refractivity contribution in [3.05, 3.63) is 17.5 Å². The largest absolute Gasteiger partial charge is 0.351 e. The van der Waals surface area contributed by atoms with Crippen molar-refractivity contribution in [2.75, 3.05) is 26.2 Å². The molecule has 0 aromatic carbocycles. The number of hydrogen-bond donors (Lipinski definition) is 1. The summed E-state index contributed by atoms with van der Waals surface area (Å²) in [7, 11) is 0. The number of amides is 1. The normalized spacial score (nSPS) is 16.3. The molecule has 2 heterocycles. The van der Waals surface area contributed by atoms with E-state index in [9.17, 15) is 4.79 Å². The highest BCUT2D eigenvalue weighted by Crippen LogP contribution is 2.22. The summed E-state index contributed by atoms with van der Waals surface area (Å²) in [5, 5.41) is 7.26. The Labute approximate surface area is 108 Å². The minimum absolute atomic E-state index is 0.0405. The summed E-state index contributed by atoms with van der Waals surface area (Å²) in [6.45, 7) is 7.42. The molecule has 1 aromatic rings. The van der Waals surface area contributed by atoms with E-state index in [0.29, 0.717) is 11.7 Å². The molecule has 0 atom stereocenters. The van der Waals surface area contributed by atoms with Crippen LogP contribution in [0.5, 0.6) is 0 Å². The Morgan fingerprint density at radius 2 is 2.11 bits per heavy atom. The van der Waals surface area contributed by atoms with Crippen molar-refractivity contribution in [2.24, 2.45) is 0 Å². The SMILES string of the molecule is CCC(CC)c1cc(C(=O)N2CCNCC2)on1. The van der Waals surface area contributed by atoms with Crippen LogP contribution in [0.3, 0.4) is 0 Å². The third kappa shape index (κ3) is 2.72. The van der Waals surface area contributed by atoms with Crippen LogP contribution in [0.1, 0.15) is 48.9 Å². The molecule has 5 nitrogen and oxygen atoms in total. The van der Waals surface area contributed by atoms with Gasteiger partial charge < -0.3 is 14.7 Å². The maximum atomic E-state index is 12.2. The molecule has 1 aliphatic rings. The fraction of sp³-hybridized carbons (Fsp3) is 0.692. The molecule has 2 rings (SSSR count). The lowest BCUT2D eigenvalue weighted by Crippen LogP contribution is -2.46. The molecule has 5 heteroatoms. The van der Waals surface area contributed by atoms with E-state index in [1.165, 1.54) is 0 Å². The van der Waals surface area contributed by atoms with Crippen LogP contribution in [0, 0.1) is 0 Å². The number of nitrogens with zero attached hydrogens (tertiary/aromatic N) is 2. The van der Waals surface area contributed by atoms with Crippen LogP contribution in [-0.4, -0.2) is 42.1 Å². The predicted molar refractivity (Wildman–Crippen MR) is 68.6 cm³/mol. The van der Waals surface area contributed by atoms with Crippen molar-refractivity contribution in [2.45, 2.75) is 32.6 Å². The van der Waals surface area contributed by atoms with E-state index < -0.39 is 0 Å². The third-order valence-corrected chi connectivity index (χ3v) is 3.55. The van der Waals surface area contributed by atoms with E-state index in [1.54, 1.807) is 0 Å². The highest BCUT2D eigenvalue weighted by molar-refractivity contribution is 5.91. The molecule has 18 heavy (non-hydrogen) atoms. The van der Waals surface area contributed by atoms with Gasteiger partial charge in [0.25, 0.3) is 5.91 Å². The summed E-state index contributed by atoms with van der Waals surface area (Å²) < 4.78 is 5.20. The Morgan fingerprint density at radius 3 is 2.72 bits per heavy atom. The van der Waals surface area contributed by atoms with Crippen LogP contribution >= 0.6 is 0 Å². The number of rotatable bonds is 4. The van der Waals surface area contributed by atoms with E-state index in [0.717, 1.165) is 44.7 Å². The maximum Gasteiger partial charge on any atom is 0.292 e. The molecule has 1 fully saturated rings. The van der Waals surface area contributed by atoms with Gasteiger partial charge in [0.05, 0.1) is 5.69 Å². The zero-order chi connectivity index (χ0) is 13.0. The molecule has 1 aliphatic heterocycles. The highest BCUT2D eigenvalue weighted by atomic mass is 16.5. The first-order valence-electron chi connectivity index (χ1n) is 6.72. The molecular weight excluding hydrogens is 230 g/mol. The molecule has 0 spiro atoms. The molecule has 1 N–H and O–H groups in total. The molecular formula is C13H21N3O2. The van der Waals surface area contributed by atoms with Gasteiger partial charge in [-0.25, -0.2) is 0 Å². The van der Waals surface area contributed by atoms with Crippen LogP contribution < -0.4 is 5.32 Å². The summed E-state index contributed by atoms with van der Waals surface area (Å²) in [6, 6.07) is 1.81. The maximum absolute atomic E-state index is 12.2. The lowest BCUT2D eigenvalue weighted by molar-refractivity contribution is 0.0693. The molecule has 0 aliphatic carbocycles. The summed E-state index contributed by atoms with van der Waals surface area (Å²) in [6.07, 6.45) is 2.04. The Kier molecular flexibility index (Phi) is 4.36. The molecule has 1 aromatic heterocycles. The predicted octanol–water partition coefficient (Wildman–Crippen LogP) is 1.62. The molecule has 1 amide bonds. The summed E-state index contributed by atoms with van der Waals surface area (Å²) in [4.78, 5) is 14.0. The Morgan fingerprint density at radius 1 is 1.44 bits per heavy atom. The van der Waals surface area contributed by atoms with Crippen molar-refractivity contribution in [1.29, 1.82) is 0 Å². The number of carbonyl (C=O) groups is 1. The zero-order valence-corrected chi connectivity index (χ0v) is 11.1.